The SMILES string of the molecule is CCCNC(=O)CCCCn1c(=O)c2ccccc2n(CC(=O)Nc2ccc(C)c(Cl)c2)c1=O. The average molecular weight is 485 g/mol. The number of carbonyl (C=O) groups is 2. The van der Waals surface area contributed by atoms with Gasteiger partial charge in [-0.15, -0.1) is 0 Å². The summed E-state index contributed by atoms with van der Waals surface area (Å²) in [7, 11) is 0. The highest BCUT2D eigenvalue weighted by Crippen LogP contribution is 2.20. The second-order valence-electron chi connectivity index (χ2n) is 8.16. The average Bonchev–Trinajstić information content (AvgIpc) is 2.82. The van der Waals surface area contributed by atoms with Crippen LogP contribution in [-0.4, -0.2) is 27.5 Å². The molecule has 3 rings (SSSR count). The van der Waals surface area contributed by atoms with Gasteiger partial charge in [-0.1, -0.05) is 36.7 Å². The number of aryl methyl sites for hydroxylation is 1. The first-order chi connectivity index (χ1) is 16.3. The molecule has 8 nitrogen and oxygen atoms in total. The zero-order valence-corrected chi connectivity index (χ0v) is 20.2. The number of unbranched alkanes of at least 4 members (excludes halogenated alkanes) is 1. The van der Waals surface area contributed by atoms with Crippen molar-refractivity contribution in [3.05, 3.63) is 73.9 Å². The summed E-state index contributed by atoms with van der Waals surface area (Å²) in [6.45, 7) is 4.38. The Labute approximate surface area is 202 Å². The second-order valence-corrected chi connectivity index (χ2v) is 8.57. The van der Waals surface area contributed by atoms with Gasteiger partial charge >= 0.3 is 5.69 Å². The third-order valence-corrected chi connectivity index (χ3v) is 5.90. The first-order valence-electron chi connectivity index (χ1n) is 11.4. The maximum atomic E-state index is 13.2. The molecule has 0 fully saturated rings. The fourth-order valence-corrected chi connectivity index (χ4v) is 3.82. The minimum absolute atomic E-state index is 0.0435. The fourth-order valence-electron chi connectivity index (χ4n) is 3.64. The molecule has 0 spiro atoms. The highest BCUT2D eigenvalue weighted by Gasteiger charge is 2.15. The highest BCUT2D eigenvalue weighted by atomic mass is 35.5. The Kier molecular flexibility index (Phi) is 8.65. The lowest BCUT2D eigenvalue weighted by Gasteiger charge is -2.14. The molecule has 0 unspecified atom stereocenters. The van der Waals surface area contributed by atoms with Gasteiger partial charge in [0.15, 0.2) is 0 Å². The smallest absolute Gasteiger partial charge is 0.331 e. The molecule has 0 atom stereocenters. The van der Waals surface area contributed by atoms with E-state index in [1.54, 1.807) is 42.5 Å². The summed E-state index contributed by atoms with van der Waals surface area (Å²) in [5, 5.41) is 6.44. The molecular formula is C25H29ClN4O4. The summed E-state index contributed by atoms with van der Waals surface area (Å²) in [6, 6.07) is 11.9. The number of hydrogen-bond donors (Lipinski definition) is 2. The van der Waals surface area contributed by atoms with Crippen LogP contribution >= 0.6 is 11.6 Å². The Balaban J connectivity index is 1.81. The first-order valence-corrected chi connectivity index (χ1v) is 11.7. The van der Waals surface area contributed by atoms with Gasteiger partial charge in [0, 0.05) is 30.2 Å². The molecule has 0 aliphatic rings. The van der Waals surface area contributed by atoms with Crippen LogP contribution < -0.4 is 21.9 Å². The number of amides is 2. The largest absolute Gasteiger partial charge is 0.356 e. The second kappa shape index (κ2) is 11.7. The van der Waals surface area contributed by atoms with Crippen molar-refractivity contribution in [3.8, 4) is 0 Å². The van der Waals surface area contributed by atoms with E-state index < -0.39 is 17.2 Å². The summed E-state index contributed by atoms with van der Waals surface area (Å²) in [5.74, 6) is -0.456. The van der Waals surface area contributed by atoms with E-state index in [0.717, 1.165) is 16.6 Å². The molecule has 0 saturated carbocycles. The fraction of sp³-hybridized carbons (Fsp3) is 0.360. The molecule has 0 saturated heterocycles. The minimum atomic E-state index is -0.559. The van der Waals surface area contributed by atoms with Crippen molar-refractivity contribution in [1.82, 2.24) is 14.5 Å². The number of rotatable bonds is 10. The number of halogens is 1. The van der Waals surface area contributed by atoms with E-state index in [2.05, 4.69) is 10.6 Å². The molecule has 180 valence electrons. The van der Waals surface area contributed by atoms with Crippen LogP contribution in [0.1, 0.15) is 38.2 Å². The Bertz CT molecular complexity index is 1310. The van der Waals surface area contributed by atoms with Crippen molar-refractivity contribution in [2.45, 2.75) is 52.6 Å². The summed E-state index contributed by atoms with van der Waals surface area (Å²) in [4.78, 5) is 50.7. The maximum absolute atomic E-state index is 13.2. The summed E-state index contributed by atoms with van der Waals surface area (Å²) < 4.78 is 2.44. The van der Waals surface area contributed by atoms with Crippen LogP contribution in [0.3, 0.4) is 0 Å². The minimum Gasteiger partial charge on any atom is -0.356 e. The lowest BCUT2D eigenvalue weighted by atomic mass is 10.2. The molecule has 0 radical (unpaired) electrons. The normalized spacial score (nSPS) is 10.9. The highest BCUT2D eigenvalue weighted by molar-refractivity contribution is 6.31. The molecule has 9 heteroatoms. The van der Waals surface area contributed by atoms with Gasteiger partial charge in [0.2, 0.25) is 11.8 Å². The van der Waals surface area contributed by atoms with E-state index in [1.807, 2.05) is 13.8 Å². The van der Waals surface area contributed by atoms with Crippen molar-refractivity contribution >= 4 is 40.0 Å². The Morgan fingerprint density at radius 2 is 1.76 bits per heavy atom. The van der Waals surface area contributed by atoms with Gasteiger partial charge in [-0.2, -0.15) is 0 Å². The van der Waals surface area contributed by atoms with Gasteiger partial charge in [-0.05, 0) is 56.0 Å². The number of carbonyl (C=O) groups excluding carboxylic acids is 2. The molecule has 0 bridgehead atoms. The van der Waals surface area contributed by atoms with Gasteiger partial charge in [0.05, 0.1) is 10.9 Å². The predicted molar refractivity (Wildman–Crippen MR) is 134 cm³/mol. The van der Waals surface area contributed by atoms with Gasteiger partial charge in [-0.25, -0.2) is 4.79 Å². The number of anilines is 1. The van der Waals surface area contributed by atoms with Gasteiger partial charge in [0.25, 0.3) is 5.56 Å². The number of nitrogens with zero attached hydrogens (tertiary/aromatic N) is 2. The molecule has 1 heterocycles. The number of aromatic nitrogens is 2. The summed E-state index contributed by atoms with van der Waals surface area (Å²) in [6.07, 6.45) is 2.23. The van der Waals surface area contributed by atoms with Crippen LogP contribution in [0.25, 0.3) is 10.9 Å². The molecule has 1 aromatic heterocycles. The lowest BCUT2D eigenvalue weighted by Crippen LogP contribution is -2.41. The van der Waals surface area contributed by atoms with E-state index in [1.165, 1.54) is 4.57 Å². The monoisotopic (exact) mass is 484 g/mol. The zero-order valence-electron chi connectivity index (χ0n) is 19.4. The number of nitrogens with one attached hydrogen (secondary N) is 2. The molecule has 3 aromatic rings. The van der Waals surface area contributed by atoms with E-state index in [4.69, 9.17) is 11.6 Å². The van der Waals surface area contributed by atoms with Gasteiger partial charge in [0.1, 0.15) is 6.54 Å². The maximum Gasteiger partial charge on any atom is 0.331 e. The van der Waals surface area contributed by atoms with E-state index >= 15 is 0 Å². The Morgan fingerprint density at radius 3 is 2.50 bits per heavy atom. The molecule has 2 N–H and O–H groups in total. The van der Waals surface area contributed by atoms with Crippen molar-refractivity contribution < 1.29 is 9.59 Å². The zero-order chi connectivity index (χ0) is 24.7. The standard InChI is InChI=1S/C25H29ClN4O4/c1-3-13-27-22(31)10-6-7-14-29-24(33)19-8-4-5-9-21(19)30(25(29)34)16-23(32)28-18-12-11-17(2)20(26)15-18/h4-5,8-9,11-12,15H,3,6-7,10,13-14,16H2,1-2H3,(H,27,31)(H,28,32). The van der Waals surface area contributed by atoms with Gasteiger partial charge in [-0.3, -0.25) is 23.5 Å². The van der Waals surface area contributed by atoms with Crippen molar-refractivity contribution in [2.75, 3.05) is 11.9 Å². The molecule has 2 amide bonds. The Hall–Kier alpha value is -3.39. The summed E-state index contributed by atoms with van der Waals surface area (Å²) in [5.41, 5.74) is 0.837. The van der Waals surface area contributed by atoms with Crippen molar-refractivity contribution in [2.24, 2.45) is 0 Å². The van der Waals surface area contributed by atoms with E-state index in [-0.39, 0.29) is 19.0 Å². The first kappa shape index (κ1) is 25.2. The number of fused-ring (bicyclic) bond motifs is 1. The predicted octanol–water partition coefficient (Wildman–Crippen LogP) is 3.46. The topological polar surface area (TPSA) is 102 Å². The quantitative estimate of drug-likeness (QED) is 0.430. The molecule has 0 aliphatic heterocycles. The third-order valence-electron chi connectivity index (χ3n) is 5.50. The Morgan fingerprint density at radius 1 is 1.00 bits per heavy atom. The molecular weight excluding hydrogens is 456 g/mol. The van der Waals surface area contributed by atoms with Crippen LogP contribution in [0.5, 0.6) is 0 Å². The van der Waals surface area contributed by atoms with E-state index in [0.29, 0.717) is 47.4 Å². The van der Waals surface area contributed by atoms with E-state index in [9.17, 15) is 19.2 Å². The van der Waals surface area contributed by atoms with Crippen molar-refractivity contribution in [1.29, 1.82) is 0 Å². The summed E-state index contributed by atoms with van der Waals surface area (Å²) >= 11 is 6.13. The number of benzene rings is 2. The van der Waals surface area contributed by atoms with Crippen molar-refractivity contribution in [3.63, 3.8) is 0 Å². The van der Waals surface area contributed by atoms with Gasteiger partial charge < -0.3 is 10.6 Å². The van der Waals surface area contributed by atoms with Crippen LogP contribution in [0.4, 0.5) is 5.69 Å². The number of para-hydroxylation sites is 1. The molecule has 0 aliphatic carbocycles. The molecule has 34 heavy (non-hydrogen) atoms. The van der Waals surface area contributed by atoms with Crippen LogP contribution in [0, 0.1) is 6.92 Å². The van der Waals surface area contributed by atoms with Crippen LogP contribution in [0.2, 0.25) is 5.02 Å². The molecule has 2 aromatic carbocycles. The van der Waals surface area contributed by atoms with Crippen LogP contribution in [-0.2, 0) is 22.7 Å². The third kappa shape index (κ3) is 6.14. The lowest BCUT2D eigenvalue weighted by molar-refractivity contribution is -0.121. The number of hydrogen-bond acceptors (Lipinski definition) is 4. The van der Waals surface area contributed by atoms with Crippen LogP contribution in [0.15, 0.2) is 52.1 Å².